The van der Waals surface area contributed by atoms with Gasteiger partial charge in [0, 0.05) is 23.6 Å². The van der Waals surface area contributed by atoms with Crippen molar-refractivity contribution in [2.45, 2.75) is 26.3 Å². The topological polar surface area (TPSA) is 33.2 Å². The fraction of sp³-hybridized carbons (Fsp3) is 0.250. The maximum absolute atomic E-state index is 12.8. The number of anilines is 1. The Morgan fingerprint density at radius 2 is 2.15 bits per heavy atom. The van der Waals surface area contributed by atoms with Crippen LogP contribution in [0.15, 0.2) is 36.5 Å². The molecule has 1 aliphatic rings. The summed E-state index contributed by atoms with van der Waals surface area (Å²) in [5.41, 5.74) is 3.44. The number of aryl methyl sites for hydroxylation is 1. The maximum Gasteiger partial charge on any atom is 0.261 e. The van der Waals surface area contributed by atoms with Crippen molar-refractivity contribution in [3.63, 3.8) is 0 Å². The van der Waals surface area contributed by atoms with Gasteiger partial charge in [-0.3, -0.25) is 9.78 Å². The molecule has 1 amide bonds. The number of nitrogens with zero attached hydrogens (tertiary/aromatic N) is 2. The number of halogens is 1. The molecule has 0 saturated carbocycles. The number of carbonyl (C=O) groups excluding carboxylic acids is 1. The Bertz CT molecular complexity index is 684. The highest BCUT2D eigenvalue weighted by molar-refractivity contribution is 6.34. The molecular weight excluding hydrogens is 272 g/mol. The van der Waals surface area contributed by atoms with Crippen LogP contribution in [0.1, 0.15) is 28.5 Å². The van der Waals surface area contributed by atoms with Crippen molar-refractivity contribution in [1.82, 2.24) is 4.98 Å². The number of pyridine rings is 1. The maximum atomic E-state index is 12.8. The van der Waals surface area contributed by atoms with E-state index in [9.17, 15) is 4.79 Å². The minimum Gasteiger partial charge on any atom is -0.305 e. The SMILES string of the molecule is Cc1cc(Cl)c(C(=O)N2c3ccccc3CC2C)cn1. The Labute approximate surface area is 123 Å². The van der Waals surface area contributed by atoms with E-state index in [-0.39, 0.29) is 11.9 Å². The first-order chi connectivity index (χ1) is 9.58. The molecule has 0 fully saturated rings. The summed E-state index contributed by atoms with van der Waals surface area (Å²) in [5.74, 6) is -0.0834. The largest absolute Gasteiger partial charge is 0.305 e. The highest BCUT2D eigenvalue weighted by Crippen LogP contribution is 2.33. The zero-order valence-corrected chi connectivity index (χ0v) is 12.2. The molecular formula is C16H15ClN2O. The van der Waals surface area contributed by atoms with Crippen LogP contribution in [-0.4, -0.2) is 16.9 Å². The summed E-state index contributed by atoms with van der Waals surface area (Å²) in [6.45, 7) is 3.90. The lowest BCUT2D eigenvalue weighted by atomic mass is 10.1. The van der Waals surface area contributed by atoms with E-state index in [0.717, 1.165) is 17.8 Å². The van der Waals surface area contributed by atoms with E-state index in [0.29, 0.717) is 10.6 Å². The molecule has 102 valence electrons. The van der Waals surface area contributed by atoms with Crippen LogP contribution < -0.4 is 4.90 Å². The first-order valence-corrected chi connectivity index (χ1v) is 6.99. The van der Waals surface area contributed by atoms with E-state index in [2.05, 4.69) is 11.1 Å². The van der Waals surface area contributed by atoms with E-state index < -0.39 is 0 Å². The number of amides is 1. The molecule has 0 radical (unpaired) electrons. The summed E-state index contributed by atoms with van der Waals surface area (Å²) in [7, 11) is 0. The van der Waals surface area contributed by atoms with E-state index in [1.165, 1.54) is 5.56 Å². The monoisotopic (exact) mass is 286 g/mol. The number of benzene rings is 1. The summed E-state index contributed by atoms with van der Waals surface area (Å²) >= 11 is 6.19. The lowest BCUT2D eigenvalue weighted by Crippen LogP contribution is -2.36. The predicted molar refractivity (Wildman–Crippen MR) is 80.4 cm³/mol. The van der Waals surface area contributed by atoms with Crippen molar-refractivity contribution in [1.29, 1.82) is 0 Å². The van der Waals surface area contributed by atoms with Gasteiger partial charge in [0.25, 0.3) is 5.91 Å². The molecule has 4 heteroatoms. The first-order valence-electron chi connectivity index (χ1n) is 6.61. The van der Waals surface area contributed by atoms with Crippen molar-refractivity contribution < 1.29 is 4.79 Å². The van der Waals surface area contributed by atoms with Crippen molar-refractivity contribution in [3.05, 3.63) is 58.4 Å². The average Bonchev–Trinajstić information content (AvgIpc) is 2.73. The zero-order valence-electron chi connectivity index (χ0n) is 11.4. The molecule has 1 aromatic heterocycles. The van der Waals surface area contributed by atoms with Gasteiger partial charge < -0.3 is 4.90 Å². The highest BCUT2D eigenvalue weighted by Gasteiger charge is 2.32. The van der Waals surface area contributed by atoms with Crippen molar-refractivity contribution in [2.24, 2.45) is 0 Å². The van der Waals surface area contributed by atoms with Crippen LogP contribution in [0.5, 0.6) is 0 Å². The van der Waals surface area contributed by atoms with Gasteiger partial charge in [0.2, 0.25) is 0 Å². The molecule has 2 aromatic rings. The number of rotatable bonds is 1. The van der Waals surface area contributed by atoms with Crippen LogP contribution in [0.25, 0.3) is 0 Å². The second-order valence-corrected chi connectivity index (χ2v) is 5.57. The van der Waals surface area contributed by atoms with Gasteiger partial charge >= 0.3 is 0 Å². The number of hydrogen-bond acceptors (Lipinski definition) is 2. The molecule has 3 nitrogen and oxygen atoms in total. The molecule has 1 atom stereocenters. The smallest absolute Gasteiger partial charge is 0.261 e. The lowest BCUT2D eigenvalue weighted by molar-refractivity contribution is 0.0981. The van der Waals surface area contributed by atoms with E-state index >= 15 is 0 Å². The van der Waals surface area contributed by atoms with Crippen LogP contribution in [0.4, 0.5) is 5.69 Å². The van der Waals surface area contributed by atoms with Crippen LogP contribution in [0.3, 0.4) is 0 Å². The normalized spacial score (nSPS) is 17.1. The quantitative estimate of drug-likeness (QED) is 0.802. The van der Waals surface area contributed by atoms with Gasteiger partial charge in [-0.15, -0.1) is 0 Å². The Morgan fingerprint density at radius 3 is 2.90 bits per heavy atom. The fourth-order valence-corrected chi connectivity index (χ4v) is 2.98. The second-order valence-electron chi connectivity index (χ2n) is 5.16. The number of para-hydroxylation sites is 1. The predicted octanol–water partition coefficient (Wildman–Crippen LogP) is 3.63. The van der Waals surface area contributed by atoms with Gasteiger partial charge in [-0.1, -0.05) is 29.8 Å². The Kier molecular flexibility index (Phi) is 3.22. The molecule has 0 N–H and O–H groups in total. The number of hydrogen-bond donors (Lipinski definition) is 0. The molecule has 20 heavy (non-hydrogen) atoms. The summed E-state index contributed by atoms with van der Waals surface area (Å²) < 4.78 is 0. The van der Waals surface area contributed by atoms with Gasteiger partial charge in [-0.2, -0.15) is 0 Å². The van der Waals surface area contributed by atoms with Gasteiger partial charge in [0.15, 0.2) is 0 Å². The van der Waals surface area contributed by atoms with Gasteiger partial charge in [-0.25, -0.2) is 0 Å². The molecule has 1 aliphatic heterocycles. The Morgan fingerprint density at radius 1 is 1.40 bits per heavy atom. The summed E-state index contributed by atoms with van der Waals surface area (Å²) in [6, 6.07) is 9.85. The summed E-state index contributed by atoms with van der Waals surface area (Å²) in [6.07, 6.45) is 2.44. The van der Waals surface area contributed by atoms with Crippen LogP contribution >= 0.6 is 11.6 Å². The minimum absolute atomic E-state index is 0.0834. The Hall–Kier alpha value is -1.87. The third kappa shape index (κ3) is 2.08. The number of fused-ring (bicyclic) bond motifs is 1. The van der Waals surface area contributed by atoms with Crippen LogP contribution in [-0.2, 0) is 6.42 Å². The Balaban J connectivity index is 2.03. The molecule has 0 aliphatic carbocycles. The van der Waals surface area contributed by atoms with E-state index in [1.54, 1.807) is 12.3 Å². The molecule has 2 heterocycles. The van der Waals surface area contributed by atoms with Gasteiger partial charge in [-0.05, 0) is 38.0 Å². The molecule has 3 rings (SSSR count). The molecule has 1 unspecified atom stereocenters. The first kappa shape index (κ1) is 13.1. The molecule has 0 bridgehead atoms. The van der Waals surface area contributed by atoms with Gasteiger partial charge in [0.05, 0.1) is 10.6 Å². The van der Waals surface area contributed by atoms with E-state index in [1.807, 2.05) is 36.9 Å². The molecule has 1 aromatic carbocycles. The zero-order chi connectivity index (χ0) is 14.3. The lowest BCUT2D eigenvalue weighted by Gasteiger charge is -2.23. The van der Waals surface area contributed by atoms with Crippen molar-refractivity contribution in [2.75, 3.05) is 4.90 Å². The average molecular weight is 287 g/mol. The summed E-state index contributed by atoms with van der Waals surface area (Å²) in [4.78, 5) is 18.7. The number of carbonyl (C=O) groups is 1. The van der Waals surface area contributed by atoms with Crippen molar-refractivity contribution in [3.8, 4) is 0 Å². The standard InChI is InChI=1S/C16H15ClN2O/c1-10-7-14(17)13(9-18-10)16(20)19-11(2)8-12-5-3-4-6-15(12)19/h3-7,9,11H,8H2,1-2H3. The molecule has 0 saturated heterocycles. The third-order valence-corrected chi connectivity index (χ3v) is 3.96. The van der Waals surface area contributed by atoms with Gasteiger partial charge in [0.1, 0.15) is 0 Å². The third-order valence-electron chi connectivity index (χ3n) is 3.65. The van der Waals surface area contributed by atoms with Crippen LogP contribution in [0, 0.1) is 6.92 Å². The highest BCUT2D eigenvalue weighted by atomic mass is 35.5. The van der Waals surface area contributed by atoms with E-state index in [4.69, 9.17) is 11.6 Å². The van der Waals surface area contributed by atoms with Crippen LogP contribution in [0.2, 0.25) is 5.02 Å². The fourth-order valence-electron chi connectivity index (χ4n) is 2.69. The minimum atomic E-state index is -0.0834. The second kappa shape index (κ2) is 4.91. The summed E-state index contributed by atoms with van der Waals surface area (Å²) in [5, 5.41) is 0.457. The number of aromatic nitrogens is 1. The van der Waals surface area contributed by atoms with Crippen molar-refractivity contribution >= 4 is 23.2 Å². The molecule has 0 spiro atoms.